The van der Waals surface area contributed by atoms with Gasteiger partial charge in [0.25, 0.3) is 0 Å². The average Bonchev–Trinajstić information content (AvgIpc) is 3.05. The second-order valence-electron chi connectivity index (χ2n) is 5.74. The second kappa shape index (κ2) is 6.45. The van der Waals surface area contributed by atoms with Crippen molar-refractivity contribution in [1.29, 1.82) is 0 Å². The molecule has 0 amide bonds. The molecule has 2 nitrogen and oxygen atoms in total. The Bertz CT molecular complexity index is 424. The molecule has 1 saturated heterocycles. The molecular formula is C15H22Cl2N2. The lowest BCUT2D eigenvalue weighted by atomic mass is 10.0. The molecule has 1 aromatic carbocycles. The lowest BCUT2D eigenvalue weighted by molar-refractivity contribution is 0.153. The molecule has 3 atom stereocenters. The maximum atomic E-state index is 6.11. The molecule has 3 rings (SSSR count). The highest BCUT2D eigenvalue weighted by Crippen LogP contribution is 2.40. The Kier molecular flexibility index (Phi) is 5.13. The van der Waals surface area contributed by atoms with Crippen LogP contribution in [-0.2, 0) is 0 Å². The van der Waals surface area contributed by atoms with Crippen molar-refractivity contribution in [2.24, 2.45) is 11.8 Å². The van der Waals surface area contributed by atoms with Gasteiger partial charge in [0.05, 0.1) is 0 Å². The molecule has 1 aliphatic carbocycles. The molecule has 106 valence electrons. The van der Waals surface area contributed by atoms with Crippen molar-refractivity contribution in [2.45, 2.75) is 19.4 Å². The van der Waals surface area contributed by atoms with Crippen molar-refractivity contribution in [3.63, 3.8) is 0 Å². The number of benzene rings is 1. The normalized spacial score (nSPS) is 30.7. The highest BCUT2D eigenvalue weighted by Gasteiger charge is 2.36. The van der Waals surface area contributed by atoms with Gasteiger partial charge in [-0.15, -0.1) is 12.4 Å². The van der Waals surface area contributed by atoms with Crippen LogP contribution in [-0.4, -0.2) is 31.1 Å². The summed E-state index contributed by atoms with van der Waals surface area (Å²) >= 11 is 6.11. The highest BCUT2D eigenvalue weighted by atomic mass is 35.5. The molecule has 0 radical (unpaired) electrons. The van der Waals surface area contributed by atoms with Crippen molar-refractivity contribution in [3.05, 3.63) is 34.9 Å². The van der Waals surface area contributed by atoms with Crippen LogP contribution in [0.15, 0.2) is 24.3 Å². The van der Waals surface area contributed by atoms with E-state index in [1.807, 2.05) is 6.07 Å². The quantitative estimate of drug-likeness (QED) is 0.921. The molecule has 0 bridgehead atoms. The molecule has 2 fully saturated rings. The van der Waals surface area contributed by atoms with E-state index in [9.17, 15) is 0 Å². The first-order valence-corrected chi connectivity index (χ1v) is 7.32. The number of halogens is 2. The van der Waals surface area contributed by atoms with Crippen molar-refractivity contribution < 1.29 is 0 Å². The largest absolute Gasteiger partial charge is 0.314 e. The van der Waals surface area contributed by atoms with E-state index < -0.39 is 0 Å². The summed E-state index contributed by atoms with van der Waals surface area (Å²) in [6.07, 6.45) is 1.41. The van der Waals surface area contributed by atoms with Crippen molar-refractivity contribution >= 4 is 24.0 Å². The number of nitrogens with zero attached hydrogens (tertiary/aromatic N) is 1. The van der Waals surface area contributed by atoms with Gasteiger partial charge in [-0.25, -0.2) is 0 Å². The number of hydrogen-bond donors (Lipinski definition) is 1. The van der Waals surface area contributed by atoms with E-state index in [0.29, 0.717) is 6.04 Å². The third-order valence-corrected chi connectivity index (χ3v) is 4.57. The summed E-state index contributed by atoms with van der Waals surface area (Å²) in [5.74, 6) is 1.85. The molecule has 0 spiro atoms. The van der Waals surface area contributed by atoms with Gasteiger partial charge in [0.1, 0.15) is 0 Å². The van der Waals surface area contributed by atoms with Crippen molar-refractivity contribution in [3.8, 4) is 0 Å². The summed E-state index contributed by atoms with van der Waals surface area (Å²) in [4.78, 5) is 2.64. The lowest BCUT2D eigenvalue weighted by Gasteiger charge is -2.36. The van der Waals surface area contributed by atoms with Crippen LogP contribution in [0.1, 0.15) is 24.9 Å². The van der Waals surface area contributed by atoms with Crippen LogP contribution in [0.5, 0.6) is 0 Å². The van der Waals surface area contributed by atoms with Gasteiger partial charge < -0.3 is 5.32 Å². The van der Waals surface area contributed by atoms with E-state index in [2.05, 4.69) is 35.3 Å². The summed E-state index contributed by atoms with van der Waals surface area (Å²) in [5, 5.41) is 4.35. The SMILES string of the molecule is CC1CC1CN1CCNCC1c1cccc(Cl)c1.Cl. The Labute approximate surface area is 126 Å². The maximum absolute atomic E-state index is 6.11. The minimum Gasteiger partial charge on any atom is -0.314 e. The minimum atomic E-state index is 0. The zero-order chi connectivity index (χ0) is 12.5. The van der Waals surface area contributed by atoms with Gasteiger partial charge in [-0.3, -0.25) is 4.90 Å². The zero-order valence-corrected chi connectivity index (χ0v) is 12.9. The van der Waals surface area contributed by atoms with Crippen LogP contribution in [0.4, 0.5) is 0 Å². The van der Waals surface area contributed by atoms with Crippen LogP contribution < -0.4 is 5.32 Å². The van der Waals surface area contributed by atoms with Crippen LogP contribution in [0.25, 0.3) is 0 Å². The van der Waals surface area contributed by atoms with Gasteiger partial charge in [-0.1, -0.05) is 30.7 Å². The third-order valence-electron chi connectivity index (χ3n) is 4.33. The standard InChI is InChI=1S/C15H21ClN2.ClH/c1-11-7-13(11)10-18-6-5-17-9-15(18)12-3-2-4-14(16)8-12;/h2-4,8,11,13,15,17H,5-7,9-10H2,1H3;1H. The van der Waals surface area contributed by atoms with Crippen LogP contribution in [0.2, 0.25) is 5.02 Å². The summed E-state index contributed by atoms with van der Waals surface area (Å²) in [7, 11) is 0. The average molecular weight is 301 g/mol. The van der Waals surface area contributed by atoms with E-state index in [-0.39, 0.29) is 12.4 Å². The van der Waals surface area contributed by atoms with Gasteiger partial charge in [-0.05, 0) is 36.0 Å². The van der Waals surface area contributed by atoms with Crippen LogP contribution >= 0.6 is 24.0 Å². The molecule has 0 aromatic heterocycles. The summed E-state index contributed by atoms with van der Waals surface area (Å²) in [5.41, 5.74) is 1.35. The number of piperazine rings is 1. The monoisotopic (exact) mass is 300 g/mol. The first-order valence-electron chi connectivity index (χ1n) is 6.94. The molecule has 4 heteroatoms. The van der Waals surface area contributed by atoms with E-state index in [1.165, 1.54) is 18.5 Å². The Morgan fingerprint density at radius 1 is 1.42 bits per heavy atom. The van der Waals surface area contributed by atoms with Crippen LogP contribution in [0.3, 0.4) is 0 Å². The topological polar surface area (TPSA) is 15.3 Å². The number of hydrogen-bond acceptors (Lipinski definition) is 2. The summed E-state index contributed by atoms with van der Waals surface area (Å²) in [6, 6.07) is 8.82. The summed E-state index contributed by atoms with van der Waals surface area (Å²) < 4.78 is 0. The molecule has 1 aliphatic heterocycles. The zero-order valence-electron chi connectivity index (χ0n) is 11.3. The first-order chi connectivity index (χ1) is 8.74. The Morgan fingerprint density at radius 3 is 2.89 bits per heavy atom. The molecule has 2 aliphatic rings. The molecule has 1 N–H and O–H groups in total. The Morgan fingerprint density at radius 2 is 2.21 bits per heavy atom. The van der Waals surface area contributed by atoms with Crippen molar-refractivity contribution in [1.82, 2.24) is 10.2 Å². The van der Waals surface area contributed by atoms with Gasteiger partial charge in [0.2, 0.25) is 0 Å². The molecule has 1 aromatic rings. The highest BCUT2D eigenvalue weighted by molar-refractivity contribution is 6.30. The molecule has 3 unspecified atom stereocenters. The van der Waals surface area contributed by atoms with E-state index in [1.54, 1.807) is 0 Å². The van der Waals surface area contributed by atoms with E-state index >= 15 is 0 Å². The van der Waals surface area contributed by atoms with E-state index in [0.717, 1.165) is 36.5 Å². The maximum Gasteiger partial charge on any atom is 0.0473 e. The first kappa shape index (κ1) is 15.1. The predicted octanol–water partition coefficient (Wildman–Crippen LogP) is 3.36. The van der Waals surface area contributed by atoms with Gasteiger partial charge in [-0.2, -0.15) is 0 Å². The number of rotatable bonds is 3. The Hall–Kier alpha value is -0.280. The minimum absolute atomic E-state index is 0. The second-order valence-corrected chi connectivity index (χ2v) is 6.18. The predicted molar refractivity (Wildman–Crippen MR) is 83.2 cm³/mol. The van der Waals surface area contributed by atoms with Gasteiger partial charge in [0.15, 0.2) is 0 Å². The Balaban J connectivity index is 0.00000133. The smallest absolute Gasteiger partial charge is 0.0473 e. The molecular weight excluding hydrogens is 279 g/mol. The van der Waals surface area contributed by atoms with Crippen molar-refractivity contribution in [2.75, 3.05) is 26.2 Å². The number of nitrogens with one attached hydrogen (secondary N) is 1. The molecule has 1 heterocycles. The fraction of sp³-hybridized carbons (Fsp3) is 0.600. The molecule has 1 saturated carbocycles. The van der Waals surface area contributed by atoms with E-state index in [4.69, 9.17) is 11.6 Å². The third kappa shape index (κ3) is 3.63. The van der Waals surface area contributed by atoms with Gasteiger partial charge in [0, 0.05) is 37.2 Å². The lowest BCUT2D eigenvalue weighted by Crippen LogP contribution is -2.46. The fourth-order valence-electron chi connectivity index (χ4n) is 2.96. The van der Waals surface area contributed by atoms with Gasteiger partial charge >= 0.3 is 0 Å². The summed E-state index contributed by atoms with van der Waals surface area (Å²) in [6.45, 7) is 6.92. The molecule has 19 heavy (non-hydrogen) atoms. The fourth-order valence-corrected chi connectivity index (χ4v) is 3.16. The van der Waals surface area contributed by atoms with Crippen LogP contribution in [0, 0.1) is 11.8 Å².